The number of hydrogen-bond donors (Lipinski definition) is 1. The van der Waals surface area contributed by atoms with Crippen LogP contribution in [0, 0.1) is 12.8 Å². The second kappa shape index (κ2) is 6.14. The van der Waals surface area contributed by atoms with Crippen molar-refractivity contribution in [2.24, 2.45) is 5.92 Å². The van der Waals surface area contributed by atoms with Crippen LogP contribution in [0.1, 0.15) is 37.7 Å². The van der Waals surface area contributed by atoms with Crippen LogP contribution >= 0.6 is 10.7 Å². The molecule has 1 aromatic carbocycles. The minimum atomic E-state index is -3.74. The fourth-order valence-corrected chi connectivity index (χ4v) is 3.80. The highest BCUT2D eigenvalue weighted by Gasteiger charge is 2.21. The Hall–Kier alpha value is -1.07. The fraction of sp³-hybridized carbons (Fsp3) is 0.500. The zero-order valence-corrected chi connectivity index (χ0v) is 12.9. The fourth-order valence-electron chi connectivity index (χ4n) is 2.61. The van der Waals surface area contributed by atoms with Gasteiger partial charge in [-0.3, -0.25) is 4.79 Å². The second-order valence-corrected chi connectivity index (χ2v) is 7.78. The highest BCUT2D eigenvalue weighted by molar-refractivity contribution is 8.13. The number of carbonyl (C=O) groups excluding carboxylic acids is 1. The number of amides is 1. The van der Waals surface area contributed by atoms with Gasteiger partial charge in [0.25, 0.3) is 9.05 Å². The number of halogens is 1. The van der Waals surface area contributed by atoms with Gasteiger partial charge in [0, 0.05) is 22.3 Å². The molecule has 0 aliphatic heterocycles. The van der Waals surface area contributed by atoms with Crippen molar-refractivity contribution in [2.75, 3.05) is 5.32 Å². The first-order valence-electron chi connectivity index (χ1n) is 6.74. The number of hydrogen-bond acceptors (Lipinski definition) is 3. The maximum Gasteiger partial charge on any atom is 0.261 e. The third kappa shape index (κ3) is 3.73. The monoisotopic (exact) mass is 315 g/mol. The number of nitrogens with one attached hydrogen (secondary N) is 1. The van der Waals surface area contributed by atoms with Gasteiger partial charge in [0.15, 0.2) is 0 Å². The van der Waals surface area contributed by atoms with E-state index < -0.39 is 9.05 Å². The van der Waals surface area contributed by atoms with E-state index in [1.807, 2.05) is 0 Å². The van der Waals surface area contributed by atoms with Crippen LogP contribution in [-0.4, -0.2) is 14.3 Å². The Kier molecular flexibility index (Phi) is 4.70. The van der Waals surface area contributed by atoms with Gasteiger partial charge in [-0.05, 0) is 43.5 Å². The van der Waals surface area contributed by atoms with Gasteiger partial charge in [-0.1, -0.05) is 19.3 Å². The summed E-state index contributed by atoms with van der Waals surface area (Å²) in [5.74, 6) is 0.0890. The molecule has 0 saturated heterocycles. The Morgan fingerprint density at radius 3 is 2.45 bits per heavy atom. The number of carbonyl (C=O) groups is 1. The molecule has 2 rings (SSSR count). The Morgan fingerprint density at radius 2 is 1.90 bits per heavy atom. The summed E-state index contributed by atoms with van der Waals surface area (Å²) in [6, 6.07) is 4.63. The minimum absolute atomic E-state index is 0.0191. The summed E-state index contributed by atoms with van der Waals surface area (Å²) in [5, 5.41) is 2.85. The van der Waals surface area contributed by atoms with Crippen molar-refractivity contribution in [3.05, 3.63) is 23.8 Å². The van der Waals surface area contributed by atoms with Gasteiger partial charge in [0.05, 0.1) is 4.90 Å². The average molecular weight is 316 g/mol. The largest absolute Gasteiger partial charge is 0.326 e. The van der Waals surface area contributed by atoms with Gasteiger partial charge in [0.2, 0.25) is 5.91 Å². The van der Waals surface area contributed by atoms with E-state index in [0.717, 1.165) is 25.7 Å². The van der Waals surface area contributed by atoms with E-state index in [9.17, 15) is 13.2 Å². The van der Waals surface area contributed by atoms with Crippen LogP contribution in [-0.2, 0) is 13.8 Å². The van der Waals surface area contributed by atoms with Crippen molar-refractivity contribution in [3.8, 4) is 0 Å². The summed E-state index contributed by atoms with van der Waals surface area (Å²) in [6.45, 7) is 1.66. The predicted molar refractivity (Wildman–Crippen MR) is 79.4 cm³/mol. The predicted octanol–water partition coefficient (Wildman–Crippen LogP) is 3.44. The Morgan fingerprint density at radius 1 is 1.25 bits per heavy atom. The highest BCUT2D eigenvalue weighted by atomic mass is 35.7. The number of anilines is 1. The average Bonchev–Trinajstić information content (AvgIpc) is 2.38. The molecule has 0 unspecified atom stereocenters. The van der Waals surface area contributed by atoms with Crippen molar-refractivity contribution in [1.82, 2.24) is 0 Å². The molecule has 1 aliphatic carbocycles. The first kappa shape index (κ1) is 15.3. The van der Waals surface area contributed by atoms with E-state index in [0.29, 0.717) is 11.3 Å². The molecule has 4 nitrogen and oxygen atoms in total. The Bertz CT molecular complexity index is 607. The molecular formula is C14H18ClNO3S. The van der Waals surface area contributed by atoms with Crippen LogP contribution in [0.2, 0.25) is 0 Å². The SMILES string of the molecule is Cc1cc(NC(=O)C2CCCCC2)ccc1S(=O)(=O)Cl. The molecule has 1 amide bonds. The molecule has 110 valence electrons. The summed E-state index contributed by atoms with van der Waals surface area (Å²) < 4.78 is 22.6. The molecular weight excluding hydrogens is 298 g/mol. The Labute approximate surface area is 123 Å². The third-order valence-electron chi connectivity index (χ3n) is 3.68. The molecule has 1 saturated carbocycles. The van der Waals surface area contributed by atoms with Crippen LogP contribution in [0.4, 0.5) is 5.69 Å². The van der Waals surface area contributed by atoms with Crippen molar-refractivity contribution < 1.29 is 13.2 Å². The molecule has 0 heterocycles. The zero-order valence-electron chi connectivity index (χ0n) is 11.4. The highest BCUT2D eigenvalue weighted by Crippen LogP contribution is 2.26. The third-order valence-corrected chi connectivity index (χ3v) is 5.16. The molecule has 1 aromatic rings. The van der Waals surface area contributed by atoms with Gasteiger partial charge < -0.3 is 5.32 Å². The van der Waals surface area contributed by atoms with Gasteiger partial charge in [-0.15, -0.1) is 0 Å². The maximum absolute atomic E-state index is 12.1. The van der Waals surface area contributed by atoms with Gasteiger partial charge >= 0.3 is 0 Å². The summed E-state index contributed by atoms with van der Waals surface area (Å²) >= 11 is 0. The maximum atomic E-state index is 12.1. The van der Waals surface area contributed by atoms with Crippen molar-refractivity contribution in [1.29, 1.82) is 0 Å². The van der Waals surface area contributed by atoms with Crippen molar-refractivity contribution in [2.45, 2.75) is 43.9 Å². The summed E-state index contributed by atoms with van der Waals surface area (Å²) in [5.41, 5.74) is 1.14. The lowest BCUT2D eigenvalue weighted by molar-refractivity contribution is -0.120. The lowest BCUT2D eigenvalue weighted by Gasteiger charge is -2.20. The molecule has 0 bridgehead atoms. The Balaban J connectivity index is 2.10. The second-order valence-electron chi connectivity index (χ2n) is 5.24. The number of benzene rings is 1. The van der Waals surface area contributed by atoms with Crippen molar-refractivity contribution in [3.63, 3.8) is 0 Å². The van der Waals surface area contributed by atoms with E-state index in [1.165, 1.54) is 12.5 Å². The molecule has 0 aromatic heterocycles. The molecule has 0 atom stereocenters. The lowest BCUT2D eigenvalue weighted by Crippen LogP contribution is -2.24. The van der Waals surface area contributed by atoms with E-state index in [2.05, 4.69) is 5.32 Å². The van der Waals surface area contributed by atoms with E-state index >= 15 is 0 Å². The van der Waals surface area contributed by atoms with Crippen LogP contribution in [0.15, 0.2) is 23.1 Å². The van der Waals surface area contributed by atoms with Crippen molar-refractivity contribution >= 4 is 31.3 Å². The molecule has 20 heavy (non-hydrogen) atoms. The van der Waals surface area contributed by atoms with Gasteiger partial charge in [-0.2, -0.15) is 0 Å². The standard InChI is InChI=1S/C14H18ClNO3S/c1-10-9-12(7-8-13(10)20(15,18)19)16-14(17)11-5-3-2-4-6-11/h7-9,11H,2-6H2,1H3,(H,16,17). The molecule has 1 fully saturated rings. The number of rotatable bonds is 3. The molecule has 1 aliphatic rings. The van der Waals surface area contributed by atoms with E-state index in [4.69, 9.17) is 10.7 Å². The van der Waals surface area contributed by atoms with Gasteiger partial charge in [-0.25, -0.2) is 8.42 Å². The quantitative estimate of drug-likeness (QED) is 0.869. The molecule has 1 N–H and O–H groups in total. The summed E-state index contributed by atoms with van der Waals surface area (Å²) in [7, 11) is 1.59. The first-order valence-corrected chi connectivity index (χ1v) is 9.05. The van der Waals surface area contributed by atoms with Crippen LogP contribution in [0.25, 0.3) is 0 Å². The normalized spacial score (nSPS) is 16.9. The van der Waals surface area contributed by atoms with Crippen LogP contribution in [0.5, 0.6) is 0 Å². The zero-order chi connectivity index (χ0) is 14.8. The number of aryl methyl sites for hydroxylation is 1. The summed E-state index contributed by atoms with van der Waals surface area (Å²) in [4.78, 5) is 12.2. The first-order chi connectivity index (χ1) is 9.38. The molecule has 6 heteroatoms. The minimum Gasteiger partial charge on any atom is -0.326 e. The van der Waals surface area contributed by atoms with E-state index in [-0.39, 0.29) is 16.7 Å². The molecule has 0 radical (unpaired) electrons. The smallest absolute Gasteiger partial charge is 0.261 e. The van der Waals surface area contributed by atoms with Gasteiger partial charge in [0.1, 0.15) is 0 Å². The van der Waals surface area contributed by atoms with Crippen LogP contribution in [0.3, 0.4) is 0 Å². The lowest BCUT2D eigenvalue weighted by atomic mass is 9.88. The molecule has 0 spiro atoms. The topological polar surface area (TPSA) is 63.2 Å². The summed E-state index contributed by atoms with van der Waals surface area (Å²) in [6.07, 6.45) is 5.25. The van der Waals surface area contributed by atoms with Crippen LogP contribution < -0.4 is 5.32 Å². The van der Waals surface area contributed by atoms with E-state index in [1.54, 1.807) is 19.1 Å².